The van der Waals surface area contributed by atoms with E-state index in [0.717, 1.165) is 22.4 Å². The van der Waals surface area contributed by atoms with Gasteiger partial charge in [-0.2, -0.15) is 5.10 Å². The van der Waals surface area contributed by atoms with Crippen molar-refractivity contribution in [2.45, 2.75) is 6.04 Å². The van der Waals surface area contributed by atoms with E-state index in [-0.39, 0.29) is 17.7 Å². The molecule has 4 rings (SSSR count). The fraction of sp³-hybridized carbons (Fsp3) is 0.111. The molecule has 1 unspecified atom stereocenters. The molecule has 23 heavy (non-hydrogen) atoms. The molecule has 2 aromatic carbocycles. The Balaban J connectivity index is 1.90. The number of H-pyrrole nitrogens is 1. The lowest BCUT2D eigenvalue weighted by molar-refractivity contribution is 0.0788. The van der Waals surface area contributed by atoms with Gasteiger partial charge in [0.25, 0.3) is 5.91 Å². The Labute approximate surface area is 133 Å². The molecular formula is C18H15N3O2. The van der Waals surface area contributed by atoms with Gasteiger partial charge in [0.15, 0.2) is 0 Å². The highest BCUT2D eigenvalue weighted by Crippen LogP contribution is 2.41. The fourth-order valence-electron chi connectivity index (χ4n) is 3.13. The zero-order valence-corrected chi connectivity index (χ0v) is 12.5. The molecule has 5 nitrogen and oxygen atoms in total. The standard InChI is InChI=1S/C18H15N3O2/c1-21-17(12-7-9-13(22)10-8-12)14-15(11-5-3-2-4-6-11)19-20-16(14)18(21)23/h2-10,17,22H,1H3,(H,19,20). The van der Waals surface area contributed by atoms with Crippen molar-refractivity contribution in [2.75, 3.05) is 7.05 Å². The Bertz CT molecular complexity index is 869. The molecule has 0 saturated heterocycles. The van der Waals surface area contributed by atoms with Gasteiger partial charge < -0.3 is 10.0 Å². The molecule has 0 saturated carbocycles. The van der Waals surface area contributed by atoms with E-state index in [1.807, 2.05) is 42.5 Å². The Kier molecular flexibility index (Phi) is 2.94. The molecule has 3 aromatic rings. The van der Waals surface area contributed by atoms with Crippen LogP contribution in [0.25, 0.3) is 11.3 Å². The average molecular weight is 305 g/mol. The van der Waals surface area contributed by atoms with E-state index < -0.39 is 0 Å². The zero-order chi connectivity index (χ0) is 16.0. The summed E-state index contributed by atoms with van der Waals surface area (Å²) in [6, 6.07) is 16.5. The van der Waals surface area contributed by atoms with Gasteiger partial charge in [-0.15, -0.1) is 0 Å². The van der Waals surface area contributed by atoms with Crippen LogP contribution in [0.15, 0.2) is 54.6 Å². The third-order valence-corrected chi connectivity index (χ3v) is 4.25. The molecule has 0 spiro atoms. The van der Waals surface area contributed by atoms with Crippen LogP contribution in [-0.2, 0) is 0 Å². The first kappa shape index (κ1) is 13.6. The third kappa shape index (κ3) is 2.01. The molecule has 2 N–H and O–H groups in total. The molecule has 1 atom stereocenters. The number of fused-ring (bicyclic) bond motifs is 1. The minimum atomic E-state index is -0.216. The van der Waals surface area contributed by atoms with Crippen LogP contribution in [-0.4, -0.2) is 33.2 Å². The first-order valence-corrected chi connectivity index (χ1v) is 7.36. The van der Waals surface area contributed by atoms with Crippen LogP contribution in [0.5, 0.6) is 5.75 Å². The van der Waals surface area contributed by atoms with E-state index in [2.05, 4.69) is 10.2 Å². The normalized spacial score (nSPS) is 16.7. The predicted octanol–water partition coefficient (Wildman–Crippen LogP) is 2.96. The second kappa shape index (κ2) is 4.98. The summed E-state index contributed by atoms with van der Waals surface area (Å²) >= 11 is 0. The quantitative estimate of drug-likeness (QED) is 0.765. The third-order valence-electron chi connectivity index (χ3n) is 4.25. The Morgan fingerprint density at radius 3 is 2.48 bits per heavy atom. The van der Waals surface area contributed by atoms with Crippen molar-refractivity contribution in [1.29, 1.82) is 0 Å². The smallest absolute Gasteiger partial charge is 0.272 e. The van der Waals surface area contributed by atoms with Gasteiger partial charge in [-0.3, -0.25) is 9.89 Å². The predicted molar refractivity (Wildman–Crippen MR) is 86.1 cm³/mol. The number of nitrogens with zero attached hydrogens (tertiary/aromatic N) is 2. The van der Waals surface area contributed by atoms with Crippen molar-refractivity contribution in [3.05, 3.63) is 71.4 Å². The minimum absolute atomic E-state index is 0.0762. The number of aromatic amines is 1. The molecule has 0 fully saturated rings. The highest BCUT2D eigenvalue weighted by atomic mass is 16.3. The number of hydrogen-bond donors (Lipinski definition) is 2. The van der Waals surface area contributed by atoms with E-state index in [4.69, 9.17) is 0 Å². The van der Waals surface area contributed by atoms with Gasteiger partial charge in [0.1, 0.15) is 11.4 Å². The van der Waals surface area contributed by atoms with Gasteiger partial charge in [0.2, 0.25) is 0 Å². The van der Waals surface area contributed by atoms with Crippen molar-refractivity contribution in [3.63, 3.8) is 0 Å². The lowest BCUT2D eigenvalue weighted by Gasteiger charge is -2.22. The molecule has 1 aromatic heterocycles. The van der Waals surface area contributed by atoms with Crippen molar-refractivity contribution >= 4 is 5.91 Å². The molecule has 1 aliphatic rings. The Morgan fingerprint density at radius 2 is 1.78 bits per heavy atom. The topological polar surface area (TPSA) is 69.2 Å². The minimum Gasteiger partial charge on any atom is -0.508 e. The maximum Gasteiger partial charge on any atom is 0.272 e. The van der Waals surface area contributed by atoms with Gasteiger partial charge in [0.05, 0.1) is 11.7 Å². The Hall–Kier alpha value is -3.08. The number of carbonyl (C=O) groups is 1. The van der Waals surface area contributed by atoms with Gasteiger partial charge in [-0.1, -0.05) is 42.5 Å². The molecule has 1 amide bonds. The van der Waals surface area contributed by atoms with Gasteiger partial charge in [0, 0.05) is 18.2 Å². The van der Waals surface area contributed by atoms with Gasteiger partial charge in [-0.05, 0) is 17.7 Å². The SMILES string of the molecule is CN1C(=O)c2[nH]nc(-c3ccccc3)c2C1c1ccc(O)cc1. The number of benzene rings is 2. The van der Waals surface area contributed by atoms with Crippen LogP contribution >= 0.6 is 0 Å². The van der Waals surface area contributed by atoms with E-state index in [0.29, 0.717) is 5.69 Å². The second-order valence-electron chi connectivity index (χ2n) is 5.64. The highest BCUT2D eigenvalue weighted by Gasteiger charge is 2.39. The van der Waals surface area contributed by atoms with E-state index in [1.165, 1.54) is 0 Å². The molecule has 0 radical (unpaired) electrons. The molecular weight excluding hydrogens is 290 g/mol. The summed E-state index contributed by atoms with van der Waals surface area (Å²) in [6.07, 6.45) is 0. The van der Waals surface area contributed by atoms with E-state index in [9.17, 15) is 9.90 Å². The molecule has 2 heterocycles. The number of nitrogens with one attached hydrogen (secondary N) is 1. The first-order valence-electron chi connectivity index (χ1n) is 7.36. The van der Waals surface area contributed by atoms with Crippen LogP contribution in [0.1, 0.15) is 27.7 Å². The summed E-state index contributed by atoms with van der Waals surface area (Å²) in [5.74, 6) is 0.129. The lowest BCUT2D eigenvalue weighted by Crippen LogP contribution is -2.24. The number of carbonyl (C=O) groups excluding carboxylic acids is 1. The maximum absolute atomic E-state index is 12.5. The molecule has 5 heteroatoms. The molecule has 1 aliphatic heterocycles. The monoisotopic (exact) mass is 305 g/mol. The molecule has 0 bridgehead atoms. The van der Waals surface area contributed by atoms with Crippen molar-refractivity contribution in [2.24, 2.45) is 0 Å². The van der Waals surface area contributed by atoms with E-state index >= 15 is 0 Å². The molecule has 0 aliphatic carbocycles. The van der Waals surface area contributed by atoms with E-state index in [1.54, 1.807) is 24.1 Å². The number of phenols is 1. The number of aromatic nitrogens is 2. The van der Waals surface area contributed by atoms with Crippen molar-refractivity contribution < 1.29 is 9.90 Å². The lowest BCUT2D eigenvalue weighted by atomic mass is 9.96. The number of rotatable bonds is 2. The van der Waals surface area contributed by atoms with Crippen LogP contribution in [0.3, 0.4) is 0 Å². The highest BCUT2D eigenvalue weighted by molar-refractivity contribution is 5.99. The van der Waals surface area contributed by atoms with Crippen LogP contribution in [0.4, 0.5) is 0 Å². The number of aromatic hydroxyl groups is 1. The second-order valence-corrected chi connectivity index (χ2v) is 5.64. The summed E-state index contributed by atoms with van der Waals surface area (Å²) in [5, 5.41) is 16.8. The summed E-state index contributed by atoms with van der Waals surface area (Å²) in [6.45, 7) is 0. The largest absolute Gasteiger partial charge is 0.508 e. The first-order chi connectivity index (χ1) is 11.2. The Morgan fingerprint density at radius 1 is 1.09 bits per heavy atom. The number of phenolic OH excluding ortho intramolecular Hbond substituents is 1. The van der Waals surface area contributed by atoms with Crippen molar-refractivity contribution in [1.82, 2.24) is 15.1 Å². The van der Waals surface area contributed by atoms with Crippen LogP contribution in [0, 0.1) is 0 Å². The average Bonchev–Trinajstić information content (AvgIpc) is 3.10. The summed E-state index contributed by atoms with van der Waals surface area (Å²) in [7, 11) is 1.78. The van der Waals surface area contributed by atoms with Gasteiger partial charge >= 0.3 is 0 Å². The number of amides is 1. The number of hydrogen-bond acceptors (Lipinski definition) is 3. The van der Waals surface area contributed by atoms with Crippen LogP contribution in [0.2, 0.25) is 0 Å². The van der Waals surface area contributed by atoms with Crippen molar-refractivity contribution in [3.8, 4) is 17.0 Å². The fourth-order valence-corrected chi connectivity index (χ4v) is 3.13. The summed E-state index contributed by atoms with van der Waals surface area (Å²) in [5.41, 5.74) is 4.11. The van der Waals surface area contributed by atoms with Gasteiger partial charge in [-0.25, -0.2) is 0 Å². The van der Waals surface area contributed by atoms with Crippen LogP contribution < -0.4 is 0 Å². The maximum atomic E-state index is 12.5. The molecule has 114 valence electrons. The summed E-state index contributed by atoms with van der Waals surface area (Å²) < 4.78 is 0. The summed E-state index contributed by atoms with van der Waals surface area (Å²) in [4.78, 5) is 14.2. The zero-order valence-electron chi connectivity index (χ0n) is 12.5.